The molecule has 1 N–H and O–H groups in total. The minimum atomic E-state index is -3.08. The van der Waals surface area contributed by atoms with Gasteiger partial charge in [0.25, 0.3) is 5.91 Å². The number of aromatic nitrogens is 1. The second kappa shape index (κ2) is 7.44. The molecule has 2 saturated heterocycles. The van der Waals surface area contributed by atoms with Gasteiger partial charge in [0.15, 0.2) is 21.2 Å². The predicted octanol–water partition coefficient (Wildman–Crippen LogP) is 1.88. The van der Waals surface area contributed by atoms with E-state index in [-0.39, 0.29) is 42.9 Å². The number of carbonyl (C=O) groups is 3. The van der Waals surface area contributed by atoms with Crippen LogP contribution in [0.3, 0.4) is 0 Å². The Hall–Kier alpha value is -3.14. The molecule has 2 atom stereocenters. The predicted molar refractivity (Wildman–Crippen MR) is 119 cm³/mol. The summed E-state index contributed by atoms with van der Waals surface area (Å²) in [7, 11) is -3.08. The molecule has 4 heterocycles. The van der Waals surface area contributed by atoms with E-state index < -0.39 is 27.3 Å². The lowest BCUT2D eigenvalue weighted by Gasteiger charge is -2.33. The van der Waals surface area contributed by atoms with Crippen LogP contribution in [0.5, 0.6) is 5.75 Å². The highest BCUT2D eigenvalue weighted by atomic mass is 32.2. The number of para-hydroxylation sites is 1. The molecule has 1 spiro atoms. The Morgan fingerprint density at radius 2 is 2.00 bits per heavy atom. The number of ether oxygens (including phenoxy) is 1. The molecule has 1 aromatic heterocycles. The van der Waals surface area contributed by atoms with Crippen molar-refractivity contribution in [2.75, 3.05) is 24.7 Å². The van der Waals surface area contributed by atoms with Gasteiger partial charge in [-0.25, -0.2) is 13.2 Å². The summed E-state index contributed by atoms with van der Waals surface area (Å²) >= 11 is 0. The van der Waals surface area contributed by atoms with Gasteiger partial charge >= 0.3 is 6.03 Å². The number of sulfone groups is 1. The summed E-state index contributed by atoms with van der Waals surface area (Å²) in [4.78, 5) is 40.4. The Labute approximate surface area is 191 Å². The van der Waals surface area contributed by atoms with E-state index in [1.165, 1.54) is 0 Å². The van der Waals surface area contributed by atoms with E-state index in [0.29, 0.717) is 29.0 Å². The van der Waals surface area contributed by atoms with Crippen molar-refractivity contribution in [2.45, 2.75) is 38.3 Å². The molecule has 3 aliphatic rings. The van der Waals surface area contributed by atoms with Crippen LogP contribution in [-0.2, 0) is 20.2 Å². The van der Waals surface area contributed by atoms with Crippen molar-refractivity contribution in [3.8, 4) is 5.75 Å². The third kappa shape index (κ3) is 3.35. The van der Waals surface area contributed by atoms with Crippen LogP contribution in [0.2, 0.25) is 0 Å². The molecule has 33 heavy (non-hydrogen) atoms. The van der Waals surface area contributed by atoms with Crippen LogP contribution in [-0.4, -0.2) is 60.3 Å². The normalized spacial score (nSPS) is 25.8. The fraction of sp³-hybridized carbons (Fsp3) is 0.435. The van der Waals surface area contributed by atoms with Crippen molar-refractivity contribution in [3.05, 3.63) is 52.8 Å². The quantitative estimate of drug-likeness (QED) is 0.538. The molecule has 3 amide bonds. The van der Waals surface area contributed by atoms with Gasteiger partial charge < -0.3 is 14.6 Å². The highest BCUT2D eigenvalue weighted by molar-refractivity contribution is 7.91. The molecule has 0 unspecified atom stereocenters. The molecule has 5 rings (SSSR count). The first-order chi connectivity index (χ1) is 15.6. The van der Waals surface area contributed by atoms with E-state index in [1.54, 1.807) is 37.3 Å². The van der Waals surface area contributed by atoms with E-state index in [4.69, 9.17) is 4.74 Å². The van der Waals surface area contributed by atoms with Crippen molar-refractivity contribution in [1.29, 1.82) is 0 Å². The first-order valence-corrected chi connectivity index (χ1v) is 12.7. The molecule has 174 valence electrons. The largest absolute Gasteiger partial charge is 0.493 e. The zero-order valence-electron chi connectivity index (χ0n) is 18.5. The maximum Gasteiger partial charge on any atom is 0.325 e. The number of imide groups is 1. The number of ketones is 1. The van der Waals surface area contributed by atoms with Gasteiger partial charge in [-0.05, 0) is 32.4 Å². The Balaban J connectivity index is 1.41. The number of hydrogen-bond donors (Lipinski definition) is 1. The molecular weight excluding hydrogens is 446 g/mol. The number of aryl methyl sites for hydroxylation is 1. The SMILES string of the molecule is Cc1cc(C(=O)CN2C(=O)N[C@@]3(CCOc4ccccc43)C2=O)c(C)n1[C@H]1CCS(=O)(=O)C1. The van der Waals surface area contributed by atoms with Crippen molar-refractivity contribution in [1.82, 2.24) is 14.8 Å². The van der Waals surface area contributed by atoms with E-state index >= 15 is 0 Å². The van der Waals surface area contributed by atoms with Crippen molar-refractivity contribution < 1.29 is 27.5 Å². The molecule has 9 nitrogen and oxygen atoms in total. The van der Waals surface area contributed by atoms with Gasteiger partial charge in [0.1, 0.15) is 5.75 Å². The second-order valence-electron chi connectivity index (χ2n) is 8.96. The molecule has 2 fully saturated rings. The maximum atomic E-state index is 13.4. The lowest BCUT2D eigenvalue weighted by Crippen LogP contribution is -2.47. The number of amides is 3. The van der Waals surface area contributed by atoms with E-state index in [2.05, 4.69) is 5.32 Å². The molecule has 0 saturated carbocycles. The Morgan fingerprint density at radius 3 is 2.73 bits per heavy atom. The van der Waals surface area contributed by atoms with Gasteiger partial charge in [0.05, 0.1) is 24.7 Å². The number of carbonyl (C=O) groups excluding carboxylic acids is 3. The van der Waals surface area contributed by atoms with Gasteiger partial charge in [0.2, 0.25) is 0 Å². The first-order valence-electron chi connectivity index (χ1n) is 10.9. The number of nitrogens with one attached hydrogen (secondary N) is 1. The van der Waals surface area contributed by atoms with Crippen LogP contribution < -0.4 is 10.1 Å². The number of nitrogens with zero attached hydrogens (tertiary/aromatic N) is 2. The average Bonchev–Trinajstić information content (AvgIpc) is 3.35. The first kappa shape index (κ1) is 21.7. The number of urea groups is 1. The van der Waals surface area contributed by atoms with Gasteiger partial charge in [0, 0.05) is 35.0 Å². The summed E-state index contributed by atoms with van der Waals surface area (Å²) in [6.45, 7) is 3.49. The second-order valence-corrected chi connectivity index (χ2v) is 11.2. The Bertz CT molecular complexity index is 1300. The van der Waals surface area contributed by atoms with Gasteiger partial charge in [-0.15, -0.1) is 0 Å². The average molecular weight is 472 g/mol. The summed E-state index contributed by atoms with van der Waals surface area (Å²) < 4.78 is 31.4. The molecule has 0 aliphatic carbocycles. The van der Waals surface area contributed by atoms with Crippen LogP contribution in [0.25, 0.3) is 0 Å². The maximum absolute atomic E-state index is 13.4. The minimum absolute atomic E-state index is 0.0496. The van der Waals surface area contributed by atoms with Crippen LogP contribution >= 0.6 is 0 Å². The van der Waals surface area contributed by atoms with Gasteiger partial charge in [-0.1, -0.05) is 18.2 Å². The van der Waals surface area contributed by atoms with Crippen LogP contribution in [0.1, 0.15) is 46.2 Å². The van der Waals surface area contributed by atoms with Crippen LogP contribution in [0.4, 0.5) is 4.79 Å². The molecule has 2 aromatic rings. The zero-order valence-corrected chi connectivity index (χ0v) is 19.3. The molecule has 10 heteroatoms. The number of rotatable bonds is 4. The van der Waals surface area contributed by atoms with Gasteiger partial charge in [-0.2, -0.15) is 0 Å². The third-order valence-electron chi connectivity index (χ3n) is 6.92. The lowest BCUT2D eigenvalue weighted by atomic mass is 9.84. The monoisotopic (exact) mass is 471 g/mol. The molecule has 3 aliphatic heterocycles. The highest BCUT2D eigenvalue weighted by Gasteiger charge is 2.55. The molecule has 0 bridgehead atoms. The smallest absolute Gasteiger partial charge is 0.325 e. The van der Waals surface area contributed by atoms with Crippen LogP contribution in [0, 0.1) is 13.8 Å². The topological polar surface area (TPSA) is 115 Å². The summed E-state index contributed by atoms with van der Waals surface area (Å²) in [6, 6.07) is 7.96. The fourth-order valence-corrected chi connectivity index (χ4v) is 7.04. The number of Topliss-reactive ketones (excluding diaryl/α,β-unsaturated/α-hetero) is 1. The minimum Gasteiger partial charge on any atom is -0.493 e. The highest BCUT2D eigenvalue weighted by Crippen LogP contribution is 2.41. The summed E-state index contributed by atoms with van der Waals surface area (Å²) in [6.07, 6.45) is 0.785. The summed E-state index contributed by atoms with van der Waals surface area (Å²) in [5, 5.41) is 2.80. The summed E-state index contributed by atoms with van der Waals surface area (Å²) in [5.74, 6) is -0.106. The van der Waals surface area contributed by atoms with Crippen molar-refractivity contribution in [2.24, 2.45) is 0 Å². The number of fused-ring (bicyclic) bond motifs is 2. The van der Waals surface area contributed by atoms with Crippen molar-refractivity contribution in [3.63, 3.8) is 0 Å². The fourth-order valence-electron chi connectivity index (χ4n) is 5.34. The van der Waals surface area contributed by atoms with E-state index in [1.807, 2.05) is 11.5 Å². The Morgan fingerprint density at radius 1 is 1.24 bits per heavy atom. The number of benzene rings is 1. The van der Waals surface area contributed by atoms with Crippen LogP contribution in [0.15, 0.2) is 30.3 Å². The lowest BCUT2D eigenvalue weighted by molar-refractivity contribution is -0.132. The molecule has 0 radical (unpaired) electrons. The molecule has 1 aromatic carbocycles. The van der Waals surface area contributed by atoms with E-state index in [9.17, 15) is 22.8 Å². The zero-order chi connectivity index (χ0) is 23.5. The summed E-state index contributed by atoms with van der Waals surface area (Å²) in [5.41, 5.74) is 1.18. The van der Waals surface area contributed by atoms with Crippen molar-refractivity contribution >= 4 is 27.6 Å². The van der Waals surface area contributed by atoms with Gasteiger partial charge in [-0.3, -0.25) is 14.5 Å². The standard InChI is InChI=1S/C23H25N3O6S/c1-14-11-17(15(2)26(14)16-7-10-33(30,31)13-16)19(27)12-25-21(28)23(24-22(25)29)8-9-32-20-6-4-3-5-18(20)23/h3-6,11,16H,7-10,12-13H2,1-2H3,(H,24,29)/t16-,23+/m0/s1. The third-order valence-corrected chi connectivity index (χ3v) is 8.67. The Kier molecular flexibility index (Phi) is 4.89. The van der Waals surface area contributed by atoms with E-state index in [0.717, 1.165) is 10.6 Å². The number of hydrogen-bond acceptors (Lipinski definition) is 6. The molecular formula is C23H25N3O6S.